The van der Waals surface area contributed by atoms with E-state index < -0.39 is 10.0 Å². The van der Waals surface area contributed by atoms with Gasteiger partial charge in [0.25, 0.3) is 0 Å². The molecule has 0 radical (unpaired) electrons. The Bertz CT molecular complexity index is 722. The fourth-order valence-electron chi connectivity index (χ4n) is 3.71. The molecule has 27 heavy (non-hydrogen) atoms. The Labute approximate surface area is 161 Å². The van der Waals surface area contributed by atoms with Crippen LogP contribution in [-0.4, -0.2) is 58.2 Å². The van der Waals surface area contributed by atoms with Crippen molar-refractivity contribution in [3.05, 3.63) is 24.3 Å². The molecule has 0 bridgehead atoms. The average Bonchev–Trinajstić information content (AvgIpc) is 2.69. The minimum absolute atomic E-state index is 0.0550. The number of ether oxygens (including phenoxy) is 1. The first-order valence-corrected chi connectivity index (χ1v) is 11.3. The van der Waals surface area contributed by atoms with Crippen molar-refractivity contribution in [2.75, 3.05) is 37.7 Å². The predicted octanol–water partition coefficient (Wildman–Crippen LogP) is 2.58. The lowest BCUT2D eigenvalue weighted by atomic mass is 9.96. The van der Waals surface area contributed by atoms with Gasteiger partial charge in [0.2, 0.25) is 10.0 Å². The smallest absolute Gasteiger partial charge is 0.409 e. The summed E-state index contributed by atoms with van der Waals surface area (Å²) < 4.78 is 33.0. The molecule has 1 aromatic carbocycles. The minimum atomic E-state index is -3.47. The zero-order chi connectivity index (χ0) is 19.3. The second-order valence-electron chi connectivity index (χ2n) is 7.12. The molecule has 8 heteroatoms. The molecule has 0 unspecified atom stereocenters. The van der Waals surface area contributed by atoms with Gasteiger partial charge in [-0.25, -0.2) is 17.9 Å². The highest BCUT2D eigenvalue weighted by Gasteiger charge is 2.24. The van der Waals surface area contributed by atoms with Gasteiger partial charge in [-0.2, -0.15) is 0 Å². The van der Waals surface area contributed by atoms with Crippen molar-refractivity contribution < 1.29 is 17.9 Å². The molecule has 1 heterocycles. The van der Waals surface area contributed by atoms with E-state index in [-0.39, 0.29) is 12.1 Å². The Morgan fingerprint density at radius 1 is 1.07 bits per heavy atom. The summed E-state index contributed by atoms with van der Waals surface area (Å²) >= 11 is 0. The van der Waals surface area contributed by atoms with Gasteiger partial charge in [-0.1, -0.05) is 19.3 Å². The lowest BCUT2D eigenvalue weighted by molar-refractivity contribution is 0.105. The van der Waals surface area contributed by atoms with Crippen molar-refractivity contribution in [1.29, 1.82) is 0 Å². The van der Waals surface area contributed by atoms with Crippen molar-refractivity contribution in [2.24, 2.45) is 0 Å². The van der Waals surface area contributed by atoms with E-state index in [0.29, 0.717) is 37.7 Å². The molecule has 2 fully saturated rings. The first kappa shape index (κ1) is 19.9. The highest BCUT2D eigenvalue weighted by molar-refractivity contribution is 7.89. The Morgan fingerprint density at radius 2 is 1.70 bits per heavy atom. The van der Waals surface area contributed by atoms with Gasteiger partial charge in [0.1, 0.15) is 0 Å². The van der Waals surface area contributed by atoms with E-state index in [9.17, 15) is 13.2 Å². The number of hydrogen-bond acceptors (Lipinski definition) is 5. The largest absolute Gasteiger partial charge is 0.450 e. The van der Waals surface area contributed by atoms with Gasteiger partial charge in [0, 0.05) is 37.9 Å². The van der Waals surface area contributed by atoms with Gasteiger partial charge >= 0.3 is 6.09 Å². The molecule has 1 saturated carbocycles. The van der Waals surface area contributed by atoms with Gasteiger partial charge in [0.15, 0.2) is 0 Å². The summed E-state index contributed by atoms with van der Waals surface area (Å²) in [6, 6.07) is 7.07. The number of piperazine rings is 1. The van der Waals surface area contributed by atoms with Gasteiger partial charge in [-0.3, -0.25) is 0 Å². The zero-order valence-electron chi connectivity index (χ0n) is 15.9. The van der Waals surface area contributed by atoms with Crippen LogP contribution in [0.2, 0.25) is 0 Å². The van der Waals surface area contributed by atoms with Crippen molar-refractivity contribution in [3.63, 3.8) is 0 Å². The number of carbonyl (C=O) groups excluding carboxylic acids is 1. The van der Waals surface area contributed by atoms with Crippen LogP contribution in [0.15, 0.2) is 29.2 Å². The highest BCUT2D eigenvalue weighted by atomic mass is 32.2. The van der Waals surface area contributed by atoms with Gasteiger partial charge < -0.3 is 14.5 Å². The van der Waals surface area contributed by atoms with E-state index in [1.165, 1.54) is 6.42 Å². The lowest BCUT2D eigenvalue weighted by Crippen LogP contribution is -2.49. The molecule has 1 amide bonds. The minimum Gasteiger partial charge on any atom is -0.450 e. The van der Waals surface area contributed by atoms with Crippen molar-refractivity contribution in [3.8, 4) is 0 Å². The molecule has 3 rings (SSSR count). The van der Waals surface area contributed by atoms with Gasteiger partial charge in [0.05, 0.1) is 11.5 Å². The van der Waals surface area contributed by atoms with Crippen LogP contribution in [0.4, 0.5) is 10.5 Å². The SMILES string of the molecule is CCOC(=O)N1CCN(c2ccc(S(=O)(=O)NC3CCCCC3)cc2)CC1. The van der Waals surface area contributed by atoms with E-state index in [2.05, 4.69) is 9.62 Å². The number of amides is 1. The number of anilines is 1. The maximum absolute atomic E-state index is 12.6. The van der Waals surface area contributed by atoms with Crippen LogP contribution in [-0.2, 0) is 14.8 Å². The zero-order valence-corrected chi connectivity index (χ0v) is 16.7. The van der Waals surface area contributed by atoms with E-state index in [1.807, 2.05) is 12.1 Å². The number of carbonyl (C=O) groups is 1. The number of nitrogens with one attached hydrogen (secondary N) is 1. The Balaban J connectivity index is 1.58. The van der Waals surface area contributed by atoms with Crippen LogP contribution in [0, 0.1) is 0 Å². The molecular weight excluding hydrogens is 366 g/mol. The third-order valence-electron chi connectivity index (χ3n) is 5.24. The standard InChI is InChI=1S/C19H29N3O4S/c1-2-26-19(23)22-14-12-21(13-15-22)17-8-10-18(11-9-17)27(24,25)20-16-6-4-3-5-7-16/h8-11,16,20H,2-7,12-15H2,1H3. The molecule has 150 valence electrons. The van der Waals surface area contributed by atoms with Crippen molar-refractivity contribution >= 4 is 21.8 Å². The maximum atomic E-state index is 12.6. The Hall–Kier alpha value is -1.80. The fourth-order valence-corrected chi connectivity index (χ4v) is 5.01. The molecule has 7 nitrogen and oxygen atoms in total. The highest BCUT2D eigenvalue weighted by Crippen LogP contribution is 2.22. The summed E-state index contributed by atoms with van der Waals surface area (Å²) in [5.74, 6) is 0. The van der Waals surface area contributed by atoms with E-state index in [4.69, 9.17) is 4.74 Å². The third kappa shape index (κ3) is 5.13. The normalized spacial score (nSPS) is 19.1. The van der Waals surface area contributed by atoms with Crippen LogP contribution in [0.25, 0.3) is 0 Å². The van der Waals surface area contributed by atoms with E-state index in [0.717, 1.165) is 31.4 Å². The third-order valence-corrected chi connectivity index (χ3v) is 6.78. The van der Waals surface area contributed by atoms with Crippen LogP contribution in [0.1, 0.15) is 39.0 Å². The molecule has 0 aromatic heterocycles. The van der Waals surface area contributed by atoms with Gasteiger partial charge in [-0.15, -0.1) is 0 Å². The quantitative estimate of drug-likeness (QED) is 0.829. The Kier molecular flexibility index (Phi) is 6.59. The number of benzene rings is 1. The topological polar surface area (TPSA) is 79.0 Å². The molecule has 1 aliphatic carbocycles. The summed E-state index contributed by atoms with van der Waals surface area (Å²) in [6.07, 6.45) is 4.93. The van der Waals surface area contributed by atoms with Crippen molar-refractivity contribution in [2.45, 2.75) is 50.0 Å². The molecule has 0 atom stereocenters. The number of nitrogens with zero attached hydrogens (tertiary/aromatic N) is 2. The first-order valence-electron chi connectivity index (χ1n) is 9.78. The summed E-state index contributed by atoms with van der Waals surface area (Å²) in [7, 11) is -3.47. The summed E-state index contributed by atoms with van der Waals surface area (Å²) in [4.78, 5) is 15.9. The second-order valence-corrected chi connectivity index (χ2v) is 8.84. The summed E-state index contributed by atoms with van der Waals surface area (Å²) in [5, 5.41) is 0. The first-order chi connectivity index (χ1) is 13.0. The molecule has 1 aromatic rings. The van der Waals surface area contributed by atoms with E-state index in [1.54, 1.807) is 24.0 Å². The monoisotopic (exact) mass is 395 g/mol. The molecule has 1 aliphatic heterocycles. The Morgan fingerprint density at radius 3 is 2.30 bits per heavy atom. The summed E-state index contributed by atoms with van der Waals surface area (Å²) in [5.41, 5.74) is 0.968. The van der Waals surface area contributed by atoms with Crippen LogP contribution < -0.4 is 9.62 Å². The van der Waals surface area contributed by atoms with Gasteiger partial charge in [-0.05, 0) is 44.0 Å². The second kappa shape index (κ2) is 8.93. The van der Waals surface area contributed by atoms with Crippen LogP contribution >= 0.6 is 0 Å². The van der Waals surface area contributed by atoms with E-state index >= 15 is 0 Å². The molecule has 1 N–H and O–H groups in total. The average molecular weight is 396 g/mol. The molecule has 0 spiro atoms. The predicted molar refractivity (Wildman–Crippen MR) is 104 cm³/mol. The number of rotatable bonds is 5. The number of sulfonamides is 1. The molecule has 1 saturated heterocycles. The number of hydrogen-bond donors (Lipinski definition) is 1. The summed E-state index contributed by atoms with van der Waals surface area (Å²) in [6.45, 7) is 4.78. The van der Waals surface area contributed by atoms with Crippen molar-refractivity contribution in [1.82, 2.24) is 9.62 Å². The maximum Gasteiger partial charge on any atom is 0.409 e. The lowest BCUT2D eigenvalue weighted by Gasteiger charge is -2.35. The van der Waals surface area contributed by atoms with Crippen LogP contribution in [0.3, 0.4) is 0 Å². The molecule has 2 aliphatic rings. The van der Waals surface area contributed by atoms with Crippen LogP contribution in [0.5, 0.6) is 0 Å². The fraction of sp³-hybridized carbons (Fsp3) is 0.632. The molecular formula is C19H29N3O4S.